The van der Waals surface area contributed by atoms with Crippen molar-refractivity contribution in [2.45, 2.75) is 6.92 Å². The Morgan fingerprint density at radius 2 is 2.42 bits per heavy atom. The quantitative estimate of drug-likeness (QED) is 0.584. The molecule has 0 fully saturated rings. The maximum atomic E-state index is 11.0. The minimum atomic E-state index is -0.00417. The van der Waals surface area contributed by atoms with E-state index >= 15 is 0 Å². The van der Waals surface area contributed by atoms with Crippen molar-refractivity contribution < 1.29 is 4.79 Å². The highest BCUT2D eigenvalue weighted by Crippen LogP contribution is 2.04. The van der Waals surface area contributed by atoms with Gasteiger partial charge in [0.05, 0.1) is 6.20 Å². The molecule has 2 aromatic rings. The van der Waals surface area contributed by atoms with E-state index in [2.05, 4.69) is 9.97 Å². The first kappa shape index (κ1) is 6.97. The third-order valence-corrected chi connectivity index (χ3v) is 1.68. The number of ketones is 1. The molecule has 4 heteroatoms. The second kappa shape index (κ2) is 2.41. The maximum absolute atomic E-state index is 11.0. The Hall–Kier alpha value is -1.71. The SMILES string of the molecule is CC(=O)c1cnc2ccncn12. The van der Waals surface area contributed by atoms with E-state index in [4.69, 9.17) is 0 Å². The van der Waals surface area contributed by atoms with Gasteiger partial charge in [0, 0.05) is 13.1 Å². The Bertz CT molecular complexity index is 433. The second-order valence-corrected chi connectivity index (χ2v) is 2.51. The highest BCUT2D eigenvalue weighted by Gasteiger charge is 2.05. The minimum absolute atomic E-state index is 0.00417. The Kier molecular flexibility index (Phi) is 1.40. The zero-order valence-electron chi connectivity index (χ0n) is 6.56. The lowest BCUT2D eigenvalue weighted by molar-refractivity contribution is 0.101. The first-order valence-electron chi connectivity index (χ1n) is 3.57. The van der Waals surface area contributed by atoms with Crippen LogP contribution in [0, 0.1) is 0 Å². The monoisotopic (exact) mass is 161 g/mol. The van der Waals surface area contributed by atoms with E-state index in [0.29, 0.717) is 5.69 Å². The third-order valence-electron chi connectivity index (χ3n) is 1.68. The van der Waals surface area contributed by atoms with E-state index in [9.17, 15) is 4.79 Å². The number of rotatable bonds is 1. The molecule has 12 heavy (non-hydrogen) atoms. The van der Waals surface area contributed by atoms with Crippen LogP contribution in [0.15, 0.2) is 24.8 Å². The Morgan fingerprint density at radius 3 is 3.17 bits per heavy atom. The van der Waals surface area contributed by atoms with Crippen LogP contribution in [0.2, 0.25) is 0 Å². The van der Waals surface area contributed by atoms with Crippen molar-refractivity contribution in [1.82, 2.24) is 14.4 Å². The number of carbonyl (C=O) groups is 1. The number of Topliss-reactive ketones (excluding diaryl/α,β-unsaturated/α-hetero) is 1. The number of carbonyl (C=O) groups excluding carboxylic acids is 1. The van der Waals surface area contributed by atoms with Gasteiger partial charge < -0.3 is 0 Å². The average molecular weight is 161 g/mol. The van der Waals surface area contributed by atoms with Gasteiger partial charge >= 0.3 is 0 Å². The Balaban J connectivity index is 2.79. The second-order valence-electron chi connectivity index (χ2n) is 2.51. The molecule has 0 saturated carbocycles. The van der Waals surface area contributed by atoms with Crippen molar-refractivity contribution in [1.29, 1.82) is 0 Å². The minimum Gasteiger partial charge on any atom is -0.293 e. The van der Waals surface area contributed by atoms with E-state index in [0.717, 1.165) is 5.65 Å². The fourth-order valence-electron chi connectivity index (χ4n) is 1.10. The molecule has 0 saturated heterocycles. The Labute approximate surface area is 68.9 Å². The van der Waals surface area contributed by atoms with Crippen molar-refractivity contribution >= 4 is 11.4 Å². The van der Waals surface area contributed by atoms with Crippen molar-refractivity contribution in [2.24, 2.45) is 0 Å². The molecule has 0 N–H and O–H groups in total. The molecule has 0 aliphatic rings. The zero-order valence-corrected chi connectivity index (χ0v) is 6.56. The molecule has 0 aliphatic carbocycles. The molecule has 2 rings (SSSR count). The molecule has 2 heterocycles. The third kappa shape index (κ3) is 0.887. The molecule has 0 aliphatic heterocycles. The molecular weight excluding hydrogens is 154 g/mol. The largest absolute Gasteiger partial charge is 0.293 e. The maximum Gasteiger partial charge on any atom is 0.178 e. The van der Waals surface area contributed by atoms with E-state index in [1.807, 2.05) is 0 Å². The van der Waals surface area contributed by atoms with Crippen LogP contribution >= 0.6 is 0 Å². The van der Waals surface area contributed by atoms with Gasteiger partial charge in [-0.05, 0) is 6.07 Å². The van der Waals surface area contributed by atoms with Crippen LogP contribution in [0.3, 0.4) is 0 Å². The summed E-state index contributed by atoms with van der Waals surface area (Å²) in [6, 6.07) is 1.76. The number of nitrogens with zero attached hydrogens (tertiary/aromatic N) is 3. The predicted octanol–water partition coefficient (Wildman–Crippen LogP) is 0.932. The molecule has 2 aromatic heterocycles. The molecule has 0 bridgehead atoms. The fraction of sp³-hybridized carbons (Fsp3) is 0.125. The smallest absolute Gasteiger partial charge is 0.178 e. The van der Waals surface area contributed by atoms with Gasteiger partial charge in [-0.15, -0.1) is 0 Å². The van der Waals surface area contributed by atoms with Crippen LogP contribution in [0.5, 0.6) is 0 Å². The normalized spacial score (nSPS) is 10.4. The van der Waals surface area contributed by atoms with Gasteiger partial charge in [0.1, 0.15) is 17.7 Å². The number of aromatic nitrogens is 3. The highest BCUT2D eigenvalue weighted by atomic mass is 16.1. The van der Waals surface area contributed by atoms with E-state index in [1.54, 1.807) is 29.2 Å². The molecule has 60 valence electrons. The van der Waals surface area contributed by atoms with Crippen LogP contribution in [0.4, 0.5) is 0 Å². The van der Waals surface area contributed by atoms with Gasteiger partial charge in [-0.1, -0.05) is 0 Å². The van der Waals surface area contributed by atoms with Gasteiger partial charge in [0.25, 0.3) is 0 Å². The van der Waals surface area contributed by atoms with Gasteiger partial charge in [0.2, 0.25) is 0 Å². The molecule has 0 atom stereocenters. The molecule has 0 amide bonds. The molecule has 4 nitrogen and oxygen atoms in total. The summed E-state index contributed by atoms with van der Waals surface area (Å²) in [5, 5.41) is 0. The fourth-order valence-corrected chi connectivity index (χ4v) is 1.10. The predicted molar refractivity (Wildman–Crippen MR) is 43.0 cm³/mol. The van der Waals surface area contributed by atoms with E-state index < -0.39 is 0 Å². The summed E-state index contributed by atoms with van der Waals surface area (Å²) in [6.07, 6.45) is 4.78. The molecule has 0 spiro atoms. The topological polar surface area (TPSA) is 47.3 Å². The van der Waals surface area contributed by atoms with Gasteiger partial charge in [-0.2, -0.15) is 0 Å². The summed E-state index contributed by atoms with van der Waals surface area (Å²) in [5.74, 6) is -0.00417. The Morgan fingerprint density at radius 1 is 1.58 bits per heavy atom. The zero-order chi connectivity index (χ0) is 8.55. The summed E-state index contributed by atoms with van der Waals surface area (Å²) in [5.41, 5.74) is 1.31. The van der Waals surface area contributed by atoms with Crippen LogP contribution in [0.1, 0.15) is 17.4 Å². The first-order valence-corrected chi connectivity index (χ1v) is 3.57. The standard InChI is InChI=1S/C8H7N3O/c1-6(12)7-4-10-8-2-3-9-5-11(7)8/h2-5H,1H3. The van der Waals surface area contributed by atoms with Crippen LogP contribution in [0.25, 0.3) is 5.65 Å². The number of imidazole rings is 1. The van der Waals surface area contributed by atoms with Crippen LogP contribution < -0.4 is 0 Å². The summed E-state index contributed by atoms with van der Waals surface area (Å²) >= 11 is 0. The number of fused-ring (bicyclic) bond motifs is 1. The summed E-state index contributed by atoms with van der Waals surface area (Å²) in [7, 11) is 0. The van der Waals surface area contributed by atoms with Crippen molar-refractivity contribution in [3.63, 3.8) is 0 Å². The van der Waals surface area contributed by atoms with E-state index in [1.165, 1.54) is 6.92 Å². The number of hydrogen-bond acceptors (Lipinski definition) is 3. The lowest BCUT2D eigenvalue weighted by atomic mass is 10.3. The molecular formula is C8H7N3O. The first-order chi connectivity index (χ1) is 5.79. The van der Waals surface area contributed by atoms with E-state index in [-0.39, 0.29) is 5.78 Å². The molecule has 0 radical (unpaired) electrons. The highest BCUT2D eigenvalue weighted by molar-refractivity contribution is 5.92. The lowest BCUT2D eigenvalue weighted by Crippen LogP contribution is -1.98. The lowest BCUT2D eigenvalue weighted by Gasteiger charge is -1.93. The van der Waals surface area contributed by atoms with Gasteiger partial charge in [-0.25, -0.2) is 9.97 Å². The average Bonchev–Trinajstić information content (AvgIpc) is 2.47. The van der Waals surface area contributed by atoms with Crippen molar-refractivity contribution in [2.75, 3.05) is 0 Å². The van der Waals surface area contributed by atoms with Crippen molar-refractivity contribution in [3.8, 4) is 0 Å². The summed E-state index contributed by atoms with van der Waals surface area (Å²) < 4.78 is 1.67. The van der Waals surface area contributed by atoms with Crippen LogP contribution in [-0.4, -0.2) is 20.2 Å². The van der Waals surface area contributed by atoms with Crippen molar-refractivity contribution in [3.05, 3.63) is 30.5 Å². The molecule has 0 unspecified atom stereocenters. The van der Waals surface area contributed by atoms with Gasteiger partial charge in [-0.3, -0.25) is 9.20 Å². The summed E-state index contributed by atoms with van der Waals surface area (Å²) in [4.78, 5) is 19.0. The number of hydrogen-bond donors (Lipinski definition) is 0. The molecule has 0 aromatic carbocycles. The summed E-state index contributed by atoms with van der Waals surface area (Å²) in [6.45, 7) is 1.51. The van der Waals surface area contributed by atoms with Crippen LogP contribution in [-0.2, 0) is 0 Å². The van der Waals surface area contributed by atoms with Gasteiger partial charge in [0.15, 0.2) is 5.78 Å².